The van der Waals surface area contributed by atoms with Crippen LogP contribution in [0.1, 0.15) is 83.9 Å². The number of piperazine rings is 1. The quantitative estimate of drug-likeness (QED) is 0.403. The maximum atomic E-state index is 13.0. The Kier molecular flexibility index (Phi) is 8.95. The Labute approximate surface area is 234 Å². The van der Waals surface area contributed by atoms with Crippen LogP contribution in [0.15, 0.2) is 24.5 Å². The summed E-state index contributed by atoms with van der Waals surface area (Å²) in [5.41, 5.74) is 3.86. The summed E-state index contributed by atoms with van der Waals surface area (Å²) in [6.07, 6.45) is 5.33. The van der Waals surface area contributed by atoms with E-state index in [4.69, 9.17) is 4.74 Å². The van der Waals surface area contributed by atoms with Crippen molar-refractivity contribution in [3.63, 3.8) is 0 Å². The summed E-state index contributed by atoms with van der Waals surface area (Å²) in [6.45, 7) is 10.5. The number of unbranched alkanes of at least 4 members (excludes halogenated alkanes) is 1. The molecule has 40 heavy (non-hydrogen) atoms. The normalized spacial score (nSPS) is 22.4. The minimum atomic E-state index is -4.63. The highest BCUT2D eigenvalue weighted by Gasteiger charge is 2.38. The Hall–Kier alpha value is -2.72. The van der Waals surface area contributed by atoms with Gasteiger partial charge in [-0.3, -0.25) is 9.69 Å². The molecule has 5 rings (SSSR count). The first kappa shape index (κ1) is 28.8. The molecule has 218 valence electrons. The number of amides is 1. The molecule has 0 aliphatic carbocycles. The zero-order chi connectivity index (χ0) is 28.3. The Bertz CT molecular complexity index is 1170. The van der Waals surface area contributed by atoms with Crippen molar-refractivity contribution in [3.05, 3.63) is 52.6 Å². The van der Waals surface area contributed by atoms with E-state index in [-0.39, 0.29) is 23.6 Å². The van der Waals surface area contributed by atoms with Gasteiger partial charge >= 0.3 is 6.18 Å². The van der Waals surface area contributed by atoms with Gasteiger partial charge in [0.25, 0.3) is 5.91 Å². The molecule has 0 bridgehead atoms. The second-order valence-electron chi connectivity index (χ2n) is 11.4. The average molecular weight is 560 g/mol. The summed E-state index contributed by atoms with van der Waals surface area (Å²) in [5.74, 6) is -0.586. The molecule has 2 aromatic rings. The van der Waals surface area contributed by atoms with E-state index >= 15 is 0 Å². The predicted octanol–water partition coefficient (Wildman–Crippen LogP) is 5.42. The Balaban J connectivity index is 1.18. The summed E-state index contributed by atoms with van der Waals surface area (Å²) >= 11 is 0. The van der Waals surface area contributed by atoms with Gasteiger partial charge in [0.1, 0.15) is 5.75 Å². The van der Waals surface area contributed by atoms with E-state index in [0.29, 0.717) is 13.1 Å². The third kappa shape index (κ3) is 6.43. The number of alkyl halides is 3. The van der Waals surface area contributed by atoms with Crippen LogP contribution in [-0.4, -0.2) is 82.5 Å². The number of ether oxygens (including phenoxy) is 1. The van der Waals surface area contributed by atoms with E-state index in [0.717, 1.165) is 57.0 Å². The van der Waals surface area contributed by atoms with Crippen LogP contribution in [0, 0.1) is 13.8 Å². The van der Waals surface area contributed by atoms with Crippen molar-refractivity contribution < 1.29 is 22.7 Å². The molecule has 10 heteroatoms. The summed E-state index contributed by atoms with van der Waals surface area (Å²) in [4.78, 5) is 26.6. The first-order valence-corrected chi connectivity index (χ1v) is 14.6. The molecule has 0 unspecified atom stereocenters. The van der Waals surface area contributed by atoms with Gasteiger partial charge in [-0.05, 0) is 101 Å². The Morgan fingerprint density at radius 1 is 0.975 bits per heavy atom. The highest BCUT2D eigenvalue weighted by molar-refractivity contribution is 5.93. The van der Waals surface area contributed by atoms with Gasteiger partial charge in [-0.25, -0.2) is 9.97 Å². The molecule has 4 heterocycles. The van der Waals surface area contributed by atoms with E-state index in [1.54, 1.807) is 4.90 Å². The van der Waals surface area contributed by atoms with Gasteiger partial charge in [0, 0.05) is 44.1 Å². The second kappa shape index (κ2) is 12.4. The van der Waals surface area contributed by atoms with E-state index < -0.39 is 12.0 Å². The van der Waals surface area contributed by atoms with Crippen molar-refractivity contribution in [1.29, 1.82) is 0 Å². The lowest BCUT2D eigenvalue weighted by atomic mass is 9.86. The number of benzene rings is 1. The van der Waals surface area contributed by atoms with Crippen LogP contribution in [0.4, 0.5) is 13.2 Å². The number of hydrogen-bond donors (Lipinski definition) is 0. The van der Waals surface area contributed by atoms with Gasteiger partial charge in [-0.2, -0.15) is 13.2 Å². The highest BCUT2D eigenvalue weighted by Crippen LogP contribution is 2.39. The zero-order valence-electron chi connectivity index (χ0n) is 23.6. The number of piperidine rings is 1. The average Bonchev–Trinajstić information content (AvgIpc) is 3.47. The fraction of sp³-hybridized carbons (Fsp3) is 0.633. The molecule has 7 nitrogen and oxygen atoms in total. The maximum absolute atomic E-state index is 13.0. The number of hydrogen-bond acceptors (Lipinski definition) is 6. The van der Waals surface area contributed by atoms with Gasteiger partial charge < -0.3 is 14.5 Å². The largest absolute Gasteiger partial charge is 0.493 e. The third-order valence-electron chi connectivity index (χ3n) is 8.85. The minimum absolute atomic E-state index is 0.0897. The lowest BCUT2D eigenvalue weighted by molar-refractivity contribution is -0.145. The summed E-state index contributed by atoms with van der Waals surface area (Å²) in [7, 11) is 0. The molecule has 1 aromatic heterocycles. The molecular weight excluding hydrogens is 519 g/mol. The molecule has 3 saturated heterocycles. The molecule has 2 atom stereocenters. The van der Waals surface area contributed by atoms with Crippen molar-refractivity contribution in [3.8, 4) is 5.75 Å². The standard InChI is InChI=1S/C30H40F3N5O2/c1-21-22(2)27(40-17-6-5-14-36-12-3-4-13-36)11-10-25(21)26-9-7-8-24-20-37(15-16-38(24)26)28(39)23-18-34-29(35-19-23)30(31,32)33/h10-11,18-19,24,26H,3-9,12-17,20H2,1-2H3/t24-,26+/m0/s1. The molecule has 0 N–H and O–H groups in total. The first-order chi connectivity index (χ1) is 19.2. The smallest absolute Gasteiger partial charge is 0.451 e. The molecule has 0 radical (unpaired) electrons. The van der Waals surface area contributed by atoms with Crippen LogP contribution in [-0.2, 0) is 6.18 Å². The van der Waals surface area contributed by atoms with Crippen molar-refractivity contribution in [1.82, 2.24) is 24.7 Å². The van der Waals surface area contributed by atoms with Gasteiger partial charge in [0.05, 0.1) is 12.2 Å². The number of carbonyl (C=O) groups is 1. The minimum Gasteiger partial charge on any atom is -0.493 e. The van der Waals surface area contributed by atoms with Crippen LogP contribution in [0.2, 0.25) is 0 Å². The van der Waals surface area contributed by atoms with E-state index in [9.17, 15) is 18.0 Å². The number of likely N-dealkylation sites (tertiary alicyclic amines) is 1. The number of fused-ring (bicyclic) bond motifs is 1. The van der Waals surface area contributed by atoms with E-state index in [2.05, 4.69) is 45.7 Å². The number of nitrogens with zero attached hydrogens (tertiary/aromatic N) is 5. The molecule has 0 spiro atoms. The number of carbonyl (C=O) groups excluding carboxylic acids is 1. The molecular formula is C30H40F3N5O2. The predicted molar refractivity (Wildman–Crippen MR) is 146 cm³/mol. The van der Waals surface area contributed by atoms with Crippen molar-refractivity contribution in [2.75, 3.05) is 45.9 Å². The molecule has 1 amide bonds. The Morgan fingerprint density at radius 2 is 1.73 bits per heavy atom. The van der Waals surface area contributed by atoms with Crippen LogP contribution in [0.3, 0.4) is 0 Å². The Morgan fingerprint density at radius 3 is 2.45 bits per heavy atom. The van der Waals surface area contributed by atoms with Gasteiger partial charge in [-0.15, -0.1) is 0 Å². The first-order valence-electron chi connectivity index (χ1n) is 14.6. The van der Waals surface area contributed by atoms with Crippen molar-refractivity contribution in [2.45, 2.75) is 77.1 Å². The van der Waals surface area contributed by atoms with Crippen LogP contribution in [0.25, 0.3) is 0 Å². The highest BCUT2D eigenvalue weighted by atomic mass is 19.4. The number of halogens is 3. The molecule has 3 aliphatic rings. The van der Waals surface area contributed by atoms with Gasteiger partial charge in [0.2, 0.25) is 5.82 Å². The summed E-state index contributed by atoms with van der Waals surface area (Å²) < 4.78 is 44.6. The molecule has 3 fully saturated rings. The van der Waals surface area contributed by atoms with Crippen LogP contribution in [0.5, 0.6) is 5.75 Å². The second-order valence-corrected chi connectivity index (χ2v) is 11.4. The topological polar surface area (TPSA) is 61.8 Å². The summed E-state index contributed by atoms with van der Waals surface area (Å²) in [5, 5.41) is 0. The van der Waals surface area contributed by atoms with Crippen LogP contribution >= 0.6 is 0 Å². The SMILES string of the molecule is Cc1c(OCCCCN2CCCC2)ccc([C@H]2CCC[C@H]3CN(C(=O)c4cnc(C(F)(F)F)nc4)CCN32)c1C. The lowest BCUT2D eigenvalue weighted by Crippen LogP contribution is -2.57. The third-order valence-corrected chi connectivity index (χ3v) is 8.85. The molecule has 3 aliphatic heterocycles. The fourth-order valence-corrected chi connectivity index (χ4v) is 6.50. The molecule has 0 saturated carbocycles. The van der Waals surface area contributed by atoms with Crippen LogP contribution < -0.4 is 4.74 Å². The van der Waals surface area contributed by atoms with Gasteiger partial charge in [-0.1, -0.05) is 6.07 Å². The number of rotatable bonds is 8. The maximum Gasteiger partial charge on any atom is 0.451 e. The lowest BCUT2D eigenvalue weighted by Gasteiger charge is -2.48. The van der Waals surface area contributed by atoms with Crippen molar-refractivity contribution in [2.24, 2.45) is 0 Å². The zero-order valence-corrected chi connectivity index (χ0v) is 23.6. The van der Waals surface area contributed by atoms with Gasteiger partial charge in [0.15, 0.2) is 0 Å². The van der Waals surface area contributed by atoms with E-state index in [1.165, 1.54) is 55.6 Å². The number of aromatic nitrogens is 2. The summed E-state index contributed by atoms with van der Waals surface area (Å²) in [6, 6.07) is 4.81. The molecule has 1 aromatic carbocycles. The van der Waals surface area contributed by atoms with E-state index in [1.807, 2.05) is 0 Å². The van der Waals surface area contributed by atoms with Crippen molar-refractivity contribution >= 4 is 5.91 Å². The monoisotopic (exact) mass is 559 g/mol. The fourth-order valence-electron chi connectivity index (χ4n) is 6.50.